The highest BCUT2D eigenvalue weighted by molar-refractivity contribution is 6.05. The Hall–Kier alpha value is -3.35. The van der Waals surface area contributed by atoms with E-state index in [9.17, 15) is 14.4 Å². The normalized spacial score (nSPS) is 18.3. The minimum atomic E-state index is -0.961. The Balaban J connectivity index is 1.44. The second-order valence-electron chi connectivity index (χ2n) is 7.48. The fourth-order valence-electron chi connectivity index (χ4n) is 3.81. The summed E-state index contributed by atoms with van der Waals surface area (Å²) in [7, 11) is 0. The molecule has 4 rings (SSSR count). The highest BCUT2D eigenvalue weighted by Gasteiger charge is 2.36. The first kappa shape index (κ1) is 19.0. The maximum absolute atomic E-state index is 12.5. The molecule has 0 radical (unpaired) electrons. The highest BCUT2D eigenvalue weighted by Crippen LogP contribution is 2.37. The number of carbonyl (C=O) groups excluding carboxylic acids is 3. The van der Waals surface area contributed by atoms with Gasteiger partial charge in [-0.1, -0.05) is 12.1 Å². The van der Waals surface area contributed by atoms with Crippen LogP contribution in [0.25, 0.3) is 0 Å². The molecule has 2 amide bonds. The Morgan fingerprint density at radius 1 is 1.24 bits per heavy atom. The Morgan fingerprint density at radius 2 is 2.07 bits per heavy atom. The van der Waals surface area contributed by atoms with Gasteiger partial charge < -0.3 is 20.3 Å². The summed E-state index contributed by atoms with van der Waals surface area (Å²) in [5.41, 5.74) is 3.46. The van der Waals surface area contributed by atoms with Crippen LogP contribution in [0.15, 0.2) is 42.5 Å². The van der Waals surface area contributed by atoms with Crippen LogP contribution in [0, 0.1) is 6.92 Å². The standard InChI is InChI=1S/C22H23N3O4/c1-13-5-3-6-16(11-13)23-20(26)14(2)29-22(28)15-8-9-18-17(12-15)24-21(27)19-7-4-10-25(18)19/h3,5-6,8-9,11-12,14,19H,4,7,10H2,1-2H3,(H,23,26)(H,24,27)/t14-,19-/m1/s1. The molecule has 0 aromatic heterocycles. The Kier molecular flexibility index (Phi) is 4.96. The predicted octanol–water partition coefficient (Wildman–Crippen LogP) is 3.10. The molecule has 2 aromatic rings. The smallest absolute Gasteiger partial charge is 0.338 e. The van der Waals surface area contributed by atoms with Crippen molar-refractivity contribution in [3.8, 4) is 0 Å². The molecule has 2 atom stereocenters. The van der Waals surface area contributed by atoms with Crippen molar-refractivity contribution in [2.45, 2.75) is 38.8 Å². The van der Waals surface area contributed by atoms with E-state index in [4.69, 9.17) is 4.74 Å². The number of aryl methyl sites for hydroxylation is 1. The summed E-state index contributed by atoms with van der Waals surface area (Å²) < 4.78 is 5.33. The second-order valence-corrected chi connectivity index (χ2v) is 7.48. The van der Waals surface area contributed by atoms with Gasteiger partial charge in [-0.2, -0.15) is 0 Å². The number of nitrogens with one attached hydrogen (secondary N) is 2. The zero-order valence-corrected chi connectivity index (χ0v) is 16.4. The first-order chi connectivity index (χ1) is 13.9. The molecule has 2 aliphatic rings. The molecule has 0 saturated carbocycles. The first-order valence-electron chi connectivity index (χ1n) is 9.72. The summed E-state index contributed by atoms with van der Waals surface area (Å²) >= 11 is 0. The van der Waals surface area contributed by atoms with Crippen LogP contribution in [-0.4, -0.2) is 36.5 Å². The van der Waals surface area contributed by atoms with Gasteiger partial charge in [-0.05, 0) is 62.6 Å². The summed E-state index contributed by atoms with van der Waals surface area (Å²) in [5.74, 6) is -1.07. The SMILES string of the molecule is Cc1cccc(NC(=O)[C@@H](C)OC(=O)c2ccc3c(c2)NC(=O)[C@H]2CCCN32)c1. The van der Waals surface area contributed by atoms with Gasteiger partial charge in [0.25, 0.3) is 5.91 Å². The summed E-state index contributed by atoms with van der Waals surface area (Å²) in [4.78, 5) is 39.2. The quantitative estimate of drug-likeness (QED) is 0.780. The molecular formula is C22H23N3O4. The minimum Gasteiger partial charge on any atom is -0.449 e. The fourth-order valence-corrected chi connectivity index (χ4v) is 3.81. The highest BCUT2D eigenvalue weighted by atomic mass is 16.5. The van der Waals surface area contributed by atoms with E-state index in [2.05, 4.69) is 15.5 Å². The zero-order chi connectivity index (χ0) is 20.5. The van der Waals surface area contributed by atoms with Crippen molar-refractivity contribution in [3.63, 3.8) is 0 Å². The largest absolute Gasteiger partial charge is 0.449 e. The van der Waals surface area contributed by atoms with Gasteiger partial charge in [-0.3, -0.25) is 9.59 Å². The van der Waals surface area contributed by atoms with Crippen LogP contribution in [0.4, 0.5) is 17.1 Å². The van der Waals surface area contributed by atoms with E-state index in [-0.39, 0.29) is 17.5 Å². The number of nitrogens with zero attached hydrogens (tertiary/aromatic N) is 1. The molecular weight excluding hydrogens is 370 g/mol. The molecule has 2 aromatic carbocycles. The van der Waals surface area contributed by atoms with Gasteiger partial charge in [0.2, 0.25) is 5.91 Å². The van der Waals surface area contributed by atoms with E-state index in [1.807, 2.05) is 31.2 Å². The van der Waals surface area contributed by atoms with E-state index in [1.165, 1.54) is 6.92 Å². The number of amides is 2. The van der Waals surface area contributed by atoms with Crippen LogP contribution in [0.3, 0.4) is 0 Å². The van der Waals surface area contributed by atoms with Crippen LogP contribution in [-0.2, 0) is 14.3 Å². The Morgan fingerprint density at radius 3 is 2.86 bits per heavy atom. The number of anilines is 3. The lowest BCUT2D eigenvalue weighted by atomic mass is 10.1. The van der Waals surface area contributed by atoms with Gasteiger partial charge in [-0.25, -0.2) is 4.79 Å². The fraction of sp³-hybridized carbons (Fsp3) is 0.318. The number of benzene rings is 2. The summed E-state index contributed by atoms with van der Waals surface area (Å²) in [6.07, 6.45) is 0.842. The number of carbonyl (C=O) groups is 3. The van der Waals surface area contributed by atoms with Crippen molar-refractivity contribution in [3.05, 3.63) is 53.6 Å². The number of hydrogen-bond donors (Lipinski definition) is 2. The van der Waals surface area contributed by atoms with Crippen LogP contribution in [0.1, 0.15) is 35.7 Å². The van der Waals surface area contributed by atoms with Crippen molar-refractivity contribution in [1.29, 1.82) is 0 Å². The van der Waals surface area contributed by atoms with Gasteiger partial charge in [0.15, 0.2) is 6.10 Å². The zero-order valence-electron chi connectivity index (χ0n) is 16.4. The Labute approximate surface area is 169 Å². The van der Waals surface area contributed by atoms with E-state index in [1.54, 1.807) is 18.2 Å². The summed E-state index contributed by atoms with van der Waals surface area (Å²) in [6.45, 7) is 4.28. The lowest BCUT2D eigenvalue weighted by Gasteiger charge is -2.33. The monoisotopic (exact) mass is 393 g/mol. The third-order valence-corrected chi connectivity index (χ3v) is 5.29. The van der Waals surface area contributed by atoms with Crippen LogP contribution >= 0.6 is 0 Å². The number of rotatable bonds is 4. The maximum atomic E-state index is 12.5. The molecule has 0 spiro atoms. The molecule has 150 valence electrons. The average molecular weight is 393 g/mol. The first-order valence-corrected chi connectivity index (χ1v) is 9.72. The van der Waals surface area contributed by atoms with Crippen molar-refractivity contribution in [2.75, 3.05) is 22.1 Å². The topological polar surface area (TPSA) is 87.7 Å². The number of fused-ring (bicyclic) bond motifs is 3. The molecule has 7 nitrogen and oxygen atoms in total. The van der Waals surface area contributed by atoms with Crippen molar-refractivity contribution < 1.29 is 19.1 Å². The predicted molar refractivity (Wildman–Crippen MR) is 110 cm³/mol. The average Bonchev–Trinajstić information content (AvgIpc) is 3.18. The van der Waals surface area contributed by atoms with Gasteiger partial charge in [0, 0.05) is 12.2 Å². The van der Waals surface area contributed by atoms with Crippen LogP contribution in [0.5, 0.6) is 0 Å². The third-order valence-electron chi connectivity index (χ3n) is 5.29. The van der Waals surface area contributed by atoms with Gasteiger partial charge in [0.1, 0.15) is 6.04 Å². The molecule has 1 saturated heterocycles. The van der Waals surface area contributed by atoms with Gasteiger partial charge >= 0.3 is 5.97 Å². The number of ether oxygens (including phenoxy) is 1. The molecule has 0 aliphatic carbocycles. The molecule has 0 unspecified atom stereocenters. The van der Waals surface area contributed by atoms with E-state index >= 15 is 0 Å². The van der Waals surface area contributed by atoms with E-state index in [0.717, 1.165) is 30.6 Å². The van der Waals surface area contributed by atoms with E-state index < -0.39 is 18.0 Å². The van der Waals surface area contributed by atoms with Gasteiger partial charge in [-0.15, -0.1) is 0 Å². The molecule has 0 bridgehead atoms. The maximum Gasteiger partial charge on any atom is 0.338 e. The second kappa shape index (κ2) is 7.58. The van der Waals surface area contributed by atoms with Crippen molar-refractivity contribution in [2.24, 2.45) is 0 Å². The van der Waals surface area contributed by atoms with Crippen LogP contribution < -0.4 is 15.5 Å². The lowest BCUT2D eigenvalue weighted by Crippen LogP contribution is -2.43. The molecule has 1 fully saturated rings. The molecule has 2 aliphatic heterocycles. The van der Waals surface area contributed by atoms with Crippen molar-refractivity contribution in [1.82, 2.24) is 0 Å². The number of hydrogen-bond acceptors (Lipinski definition) is 5. The van der Waals surface area contributed by atoms with Crippen molar-refractivity contribution >= 4 is 34.8 Å². The van der Waals surface area contributed by atoms with E-state index in [0.29, 0.717) is 11.4 Å². The Bertz CT molecular complexity index is 988. The number of esters is 1. The molecule has 29 heavy (non-hydrogen) atoms. The van der Waals surface area contributed by atoms with Crippen LogP contribution in [0.2, 0.25) is 0 Å². The third kappa shape index (κ3) is 3.81. The lowest BCUT2D eigenvalue weighted by molar-refractivity contribution is -0.123. The molecule has 7 heteroatoms. The minimum absolute atomic E-state index is 0.0496. The summed E-state index contributed by atoms with van der Waals surface area (Å²) in [5, 5.41) is 5.61. The van der Waals surface area contributed by atoms with Gasteiger partial charge in [0.05, 0.1) is 16.9 Å². The molecule has 2 N–H and O–H groups in total. The molecule has 2 heterocycles. The summed E-state index contributed by atoms with van der Waals surface area (Å²) in [6, 6.07) is 12.3.